The zero-order valence-electron chi connectivity index (χ0n) is 13.2. The lowest BCUT2D eigenvalue weighted by Gasteiger charge is -2.20. The van der Waals surface area contributed by atoms with E-state index in [0.717, 1.165) is 41.2 Å². The summed E-state index contributed by atoms with van der Waals surface area (Å²) < 4.78 is 17.2. The molecule has 3 nitrogen and oxygen atoms in total. The smallest absolute Gasteiger partial charge is 0.169 e. The summed E-state index contributed by atoms with van der Waals surface area (Å²) in [5.41, 5.74) is 1.72. The zero-order chi connectivity index (χ0) is 16.1. The highest BCUT2D eigenvalue weighted by Gasteiger charge is 2.19. The van der Waals surface area contributed by atoms with Crippen LogP contribution in [0, 0.1) is 0 Å². The van der Waals surface area contributed by atoms with Gasteiger partial charge in [-0.15, -0.1) is 0 Å². The molecular weight excluding hydrogens is 288 g/mol. The summed E-state index contributed by atoms with van der Waals surface area (Å²) in [4.78, 5) is 0. The van der Waals surface area contributed by atoms with E-state index in [4.69, 9.17) is 14.2 Å². The Morgan fingerprint density at radius 3 is 2.65 bits per heavy atom. The normalized spacial score (nSPS) is 12.9. The van der Waals surface area contributed by atoms with Gasteiger partial charge in [0.05, 0.1) is 6.61 Å². The predicted octanol–water partition coefficient (Wildman–Crippen LogP) is 5.19. The van der Waals surface area contributed by atoms with E-state index in [2.05, 4.69) is 13.5 Å². The fraction of sp³-hybridized carbons (Fsp3) is 0.200. The van der Waals surface area contributed by atoms with Crippen LogP contribution in [-0.4, -0.2) is 6.61 Å². The third-order valence-electron chi connectivity index (χ3n) is 3.61. The first kappa shape index (κ1) is 15.2. The minimum Gasteiger partial charge on any atom is -0.493 e. The van der Waals surface area contributed by atoms with E-state index in [1.165, 1.54) is 0 Å². The number of fused-ring (bicyclic) bond motifs is 1. The molecule has 0 N–H and O–H groups in total. The van der Waals surface area contributed by atoms with Crippen LogP contribution in [0.5, 0.6) is 17.2 Å². The van der Waals surface area contributed by atoms with E-state index < -0.39 is 0 Å². The predicted molar refractivity (Wildman–Crippen MR) is 91.7 cm³/mol. The number of allylic oxidation sites excluding steroid dienone is 1. The Hall–Kier alpha value is -2.68. The van der Waals surface area contributed by atoms with Gasteiger partial charge in [0.25, 0.3) is 0 Å². The molecule has 0 saturated carbocycles. The molecule has 118 valence electrons. The molecule has 0 fully saturated rings. The average Bonchev–Trinajstić information content (AvgIpc) is 2.59. The van der Waals surface area contributed by atoms with Crippen LogP contribution >= 0.6 is 0 Å². The van der Waals surface area contributed by atoms with Crippen molar-refractivity contribution in [2.45, 2.75) is 19.8 Å². The molecule has 0 saturated heterocycles. The van der Waals surface area contributed by atoms with Crippen molar-refractivity contribution in [3.05, 3.63) is 72.7 Å². The number of ether oxygens (including phenoxy) is 3. The first-order chi connectivity index (χ1) is 11.3. The van der Waals surface area contributed by atoms with E-state index in [1.807, 2.05) is 48.5 Å². The number of benzene rings is 2. The highest BCUT2D eigenvalue weighted by atomic mass is 16.5. The van der Waals surface area contributed by atoms with E-state index in [-0.39, 0.29) is 0 Å². The molecule has 23 heavy (non-hydrogen) atoms. The van der Waals surface area contributed by atoms with Gasteiger partial charge in [-0.3, -0.25) is 0 Å². The molecule has 2 aromatic rings. The summed E-state index contributed by atoms with van der Waals surface area (Å²) in [5.74, 6) is 2.92. The summed E-state index contributed by atoms with van der Waals surface area (Å²) in [6.45, 7) is 6.98. The molecular formula is C20H20O3. The van der Waals surface area contributed by atoms with Crippen LogP contribution in [0.25, 0.3) is 5.57 Å². The van der Waals surface area contributed by atoms with Crippen molar-refractivity contribution in [2.24, 2.45) is 0 Å². The summed E-state index contributed by atoms with van der Waals surface area (Å²) >= 11 is 0. The molecule has 0 aromatic heterocycles. The first-order valence-electron chi connectivity index (χ1n) is 7.84. The highest BCUT2D eigenvalue weighted by Crippen LogP contribution is 2.37. The third-order valence-corrected chi connectivity index (χ3v) is 3.61. The fourth-order valence-electron chi connectivity index (χ4n) is 2.30. The van der Waals surface area contributed by atoms with Crippen molar-refractivity contribution in [1.82, 2.24) is 0 Å². The van der Waals surface area contributed by atoms with Crippen LogP contribution in [0.2, 0.25) is 0 Å². The van der Waals surface area contributed by atoms with E-state index >= 15 is 0 Å². The van der Waals surface area contributed by atoms with Crippen molar-refractivity contribution < 1.29 is 14.2 Å². The lowest BCUT2D eigenvalue weighted by Crippen LogP contribution is -2.07. The molecule has 0 amide bonds. The molecule has 1 heterocycles. The van der Waals surface area contributed by atoms with Crippen molar-refractivity contribution in [3.63, 3.8) is 0 Å². The van der Waals surface area contributed by atoms with Crippen LogP contribution < -0.4 is 14.2 Å². The Morgan fingerprint density at radius 2 is 1.87 bits per heavy atom. The lowest BCUT2D eigenvalue weighted by atomic mass is 10.0. The van der Waals surface area contributed by atoms with Crippen LogP contribution in [0.1, 0.15) is 25.3 Å². The van der Waals surface area contributed by atoms with E-state index in [0.29, 0.717) is 12.4 Å². The molecule has 0 radical (unpaired) electrons. The SMILES string of the molecule is C=C1C(Oc2ccccc2)=COc2cc(OCCCC)ccc21. The molecule has 0 spiro atoms. The second-order valence-electron chi connectivity index (χ2n) is 5.35. The summed E-state index contributed by atoms with van der Waals surface area (Å²) in [6.07, 6.45) is 3.74. The van der Waals surface area contributed by atoms with Crippen LogP contribution in [-0.2, 0) is 0 Å². The monoisotopic (exact) mass is 308 g/mol. The van der Waals surface area contributed by atoms with Gasteiger partial charge < -0.3 is 14.2 Å². The maximum Gasteiger partial charge on any atom is 0.169 e. The summed E-state index contributed by atoms with van der Waals surface area (Å²) in [7, 11) is 0. The number of para-hydroxylation sites is 1. The van der Waals surface area contributed by atoms with Crippen LogP contribution in [0.15, 0.2) is 67.1 Å². The Balaban J connectivity index is 1.73. The molecule has 1 aliphatic rings. The van der Waals surface area contributed by atoms with Gasteiger partial charge in [-0.05, 0) is 30.7 Å². The molecule has 0 unspecified atom stereocenters. The molecule has 2 aromatic carbocycles. The van der Waals surface area contributed by atoms with Gasteiger partial charge in [-0.2, -0.15) is 0 Å². The Labute approximate surface area is 136 Å². The van der Waals surface area contributed by atoms with Gasteiger partial charge in [0.2, 0.25) is 0 Å². The second kappa shape index (κ2) is 7.05. The maximum atomic E-state index is 5.84. The van der Waals surface area contributed by atoms with E-state index in [9.17, 15) is 0 Å². The standard InChI is InChI=1S/C20H20O3/c1-3-4-12-21-17-10-11-18-15(2)20(14-22-19(18)13-17)23-16-8-6-5-7-9-16/h5-11,13-14H,2-4,12H2,1H3. The largest absolute Gasteiger partial charge is 0.493 e. The van der Waals surface area contributed by atoms with Gasteiger partial charge in [-0.25, -0.2) is 0 Å². The Morgan fingerprint density at radius 1 is 1.04 bits per heavy atom. The molecule has 3 rings (SSSR count). The molecule has 0 bridgehead atoms. The van der Waals surface area contributed by atoms with Crippen LogP contribution in [0.4, 0.5) is 0 Å². The summed E-state index contributed by atoms with van der Waals surface area (Å²) in [6, 6.07) is 15.4. The van der Waals surface area contributed by atoms with Crippen molar-refractivity contribution in [2.75, 3.05) is 6.61 Å². The van der Waals surface area contributed by atoms with Crippen molar-refractivity contribution >= 4 is 5.57 Å². The quantitative estimate of drug-likeness (QED) is 0.687. The van der Waals surface area contributed by atoms with Crippen LogP contribution in [0.3, 0.4) is 0 Å². The topological polar surface area (TPSA) is 27.7 Å². The second-order valence-corrected chi connectivity index (χ2v) is 5.35. The maximum absolute atomic E-state index is 5.84. The molecule has 1 aliphatic heterocycles. The number of rotatable bonds is 6. The fourth-order valence-corrected chi connectivity index (χ4v) is 2.30. The van der Waals surface area contributed by atoms with Gasteiger partial charge in [-0.1, -0.05) is 38.1 Å². The average molecular weight is 308 g/mol. The number of unbranched alkanes of at least 4 members (excludes halogenated alkanes) is 1. The number of hydrogen-bond acceptors (Lipinski definition) is 3. The van der Waals surface area contributed by atoms with Gasteiger partial charge in [0.1, 0.15) is 23.5 Å². The molecule has 3 heteroatoms. The van der Waals surface area contributed by atoms with Gasteiger partial charge in [0.15, 0.2) is 5.76 Å². The lowest BCUT2D eigenvalue weighted by molar-refractivity contribution is 0.307. The third kappa shape index (κ3) is 3.57. The van der Waals surface area contributed by atoms with Gasteiger partial charge in [0, 0.05) is 17.2 Å². The number of hydrogen-bond donors (Lipinski definition) is 0. The Kier molecular flexibility index (Phi) is 4.67. The zero-order valence-corrected chi connectivity index (χ0v) is 13.2. The minimum atomic E-state index is 0.614. The Bertz CT molecular complexity index is 717. The van der Waals surface area contributed by atoms with E-state index in [1.54, 1.807) is 6.26 Å². The van der Waals surface area contributed by atoms with Gasteiger partial charge >= 0.3 is 0 Å². The van der Waals surface area contributed by atoms with Crippen molar-refractivity contribution in [1.29, 1.82) is 0 Å². The molecule has 0 atom stereocenters. The minimum absolute atomic E-state index is 0.614. The summed E-state index contributed by atoms with van der Waals surface area (Å²) in [5, 5.41) is 0. The first-order valence-corrected chi connectivity index (χ1v) is 7.84. The highest BCUT2D eigenvalue weighted by molar-refractivity contribution is 5.81. The van der Waals surface area contributed by atoms with Crippen molar-refractivity contribution in [3.8, 4) is 17.2 Å². The molecule has 0 aliphatic carbocycles.